The molecule has 0 radical (unpaired) electrons. The van der Waals surface area contributed by atoms with Gasteiger partial charge in [-0.15, -0.1) is 10.2 Å². The number of amides is 1. The average molecular weight is 442 g/mol. The van der Waals surface area contributed by atoms with Crippen LogP contribution in [-0.2, 0) is 17.6 Å². The first-order chi connectivity index (χ1) is 15.6. The van der Waals surface area contributed by atoms with Gasteiger partial charge in [0.2, 0.25) is 11.8 Å². The number of aromatic nitrogens is 2. The van der Waals surface area contributed by atoms with Crippen LogP contribution in [0, 0.1) is 13.8 Å². The second-order valence-electron chi connectivity index (χ2n) is 7.95. The van der Waals surface area contributed by atoms with E-state index in [1.54, 1.807) is 0 Å². The van der Waals surface area contributed by atoms with E-state index in [2.05, 4.69) is 36.2 Å². The van der Waals surface area contributed by atoms with E-state index in [0.29, 0.717) is 11.1 Å². The second-order valence-corrected chi connectivity index (χ2v) is 8.87. The molecule has 0 bridgehead atoms. The maximum absolute atomic E-state index is 13.4. The molecule has 2 heterocycles. The number of thioether (sulfide) groups is 1. The van der Waals surface area contributed by atoms with Crippen molar-refractivity contribution in [1.29, 1.82) is 0 Å². The molecule has 5 rings (SSSR count). The van der Waals surface area contributed by atoms with Crippen LogP contribution in [0.4, 0.5) is 11.4 Å². The summed E-state index contributed by atoms with van der Waals surface area (Å²) < 4.78 is 5.84. The fourth-order valence-electron chi connectivity index (χ4n) is 4.00. The molecule has 0 atom stereocenters. The Morgan fingerprint density at radius 2 is 1.56 bits per heavy atom. The number of carbonyl (C=O) groups is 1. The molecule has 0 N–H and O–H groups in total. The molecule has 0 saturated carbocycles. The molecular weight excluding hydrogens is 418 g/mol. The topological polar surface area (TPSA) is 59.2 Å². The molecule has 3 aromatic carbocycles. The van der Waals surface area contributed by atoms with E-state index in [-0.39, 0.29) is 11.7 Å². The second kappa shape index (κ2) is 8.63. The molecule has 0 unspecified atom stereocenters. The average Bonchev–Trinajstić information content (AvgIpc) is 3.22. The summed E-state index contributed by atoms with van der Waals surface area (Å²) in [4.78, 5) is 15.3. The first kappa shape index (κ1) is 20.5. The van der Waals surface area contributed by atoms with Crippen molar-refractivity contribution in [3.63, 3.8) is 0 Å². The summed E-state index contributed by atoms with van der Waals surface area (Å²) in [5.74, 6) is 0.660. The Bertz CT molecular complexity index is 1250. The van der Waals surface area contributed by atoms with Crippen molar-refractivity contribution in [3.8, 4) is 11.5 Å². The standard InChI is InChI=1S/C26H23N3O2S/c1-17-11-12-21(15-18(17)2)25-27-28-26(31-25)32-16-24(30)29-22-9-5-3-7-19(22)13-14-20-8-4-6-10-23(20)29/h3-12,15H,13-14,16H2,1-2H3. The number of aryl methyl sites for hydroxylation is 4. The lowest BCUT2D eigenvalue weighted by Crippen LogP contribution is -2.28. The van der Waals surface area contributed by atoms with E-state index in [9.17, 15) is 4.79 Å². The molecule has 32 heavy (non-hydrogen) atoms. The number of rotatable bonds is 4. The third kappa shape index (κ3) is 3.94. The molecule has 0 spiro atoms. The van der Waals surface area contributed by atoms with Crippen LogP contribution in [0.3, 0.4) is 0 Å². The lowest BCUT2D eigenvalue weighted by molar-refractivity contribution is -0.115. The number of nitrogens with zero attached hydrogens (tertiary/aromatic N) is 3. The van der Waals surface area contributed by atoms with Crippen LogP contribution in [0.25, 0.3) is 11.5 Å². The number of hydrogen-bond donors (Lipinski definition) is 0. The summed E-state index contributed by atoms with van der Waals surface area (Å²) in [6.07, 6.45) is 1.82. The summed E-state index contributed by atoms with van der Waals surface area (Å²) in [5, 5.41) is 8.71. The summed E-state index contributed by atoms with van der Waals surface area (Å²) >= 11 is 1.27. The zero-order chi connectivity index (χ0) is 22.1. The van der Waals surface area contributed by atoms with Crippen molar-refractivity contribution in [2.45, 2.75) is 31.9 Å². The Morgan fingerprint density at radius 3 is 2.22 bits per heavy atom. The monoisotopic (exact) mass is 441 g/mol. The van der Waals surface area contributed by atoms with E-state index < -0.39 is 0 Å². The molecule has 6 heteroatoms. The van der Waals surface area contributed by atoms with Gasteiger partial charge in [-0.25, -0.2) is 0 Å². The molecule has 0 saturated heterocycles. The minimum atomic E-state index is -0.0114. The Hall–Kier alpha value is -3.38. The maximum Gasteiger partial charge on any atom is 0.277 e. The SMILES string of the molecule is Cc1ccc(-c2nnc(SCC(=O)N3c4ccccc4CCc4ccccc43)o2)cc1C. The van der Waals surface area contributed by atoms with E-state index >= 15 is 0 Å². The number of benzene rings is 3. The lowest BCUT2D eigenvalue weighted by atomic mass is 10.0. The van der Waals surface area contributed by atoms with Crippen LogP contribution in [0.1, 0.15) is 22.3 Å². The molecule has 160 valence electrons. The third-order valence-electron chi connectivity index (χ3n) is 5.86. The Labute approximate surface area is 191 Å². The summed E-state index contributed by atoms with van der Waals surface area (Å²) in [7, 11) is 0. The number of carbonyl (C=O) groups excluding carboxylic acids is 1. The minimum absolute atomic E-state index is 0.0114. The highest BCUT2D eigenvalue weighted by atomic mass is 32.2. The molecule has 1 aliphatic heterocycles. The van der Waals surface area contributed by atoms with Crippen molar-refractivity contribution in [3.05, 3.63) is 89.0 Å². The summed E-state index contributed by atoms with van der Waals surface area (Å²) in [5.41, 5.74) is 7.52. The lowest BCUT2D eigenvalue weighted by Gasteiger charge is -2.24. The number of hydrogen-bond acceptors (Lipinski definition) is 5. The predicted octanol–water partition coefficient (Wildman–Crippen LogP) is 5.91. The predicted molar refractivity (Wildman–Crippen MR) is 127 cm³/mol. The van der Waals surface area contributed by atoms with Crippen LogP contribution in [0.2, 0.25) is 0 Å². The van der Waals surface area contributed by atoms with Gasteiger partial charge in [0.05, 0.1) is 17.1 Å². The quantitative estimate of drug-likeness (QED) is 0.369. The number of fused-ring (bicyclic) bond motifs is 2. The first-order valence-corrected chi connectivity index (χ1v) is 11.6. The van der Waals surface area contributed by atoms with Gasteiger partial charge in [0.15, 0.2) is 0 Å². The summed E-state index contributed by atoms with van der Waals surface area (Å²) in [6, 6.07) is 22.3. The van der Waals surface area contributed by atoms with Gasteiger partial charge in [0, 0.05) is 5.56 Å². The third-order valence-corrected chi connectivity index (χ3v) is 6.66. The zero-order valence-corrected chi connectivity index (χ0v) is 18.9. The highest BCUT2D eigenvalue weighted by Crippen LogP contribution is 2.37. The smallest absolute Gasteiger partial charge is 0.277 e. The van der Waals surface area contributed by atoms with Crippen LogP contribution in [0.15, 0.2) is 76.4 Å². The van der Waals surface area contributed by atoms with Crippen LogP contribution < -0.4 is 4.90 Å². The van der Waals surface area contributed by atoms with Crippen molar-refractivity contribution in [1.82, 2.24) is 10.2 Å². The Kier molecular flexibility index (Phi) is 5.53. The highest BCUT2D eigenvalue weighted by molar-refractivity contribution is 7.99. The Balaban J connectivity index is 1.38. The molecule has 1 aromatic heterocycles. The van der Waals surface area contributed by atoms with Crippen molar-refractivity contribution in [2.24, 2.45) is 0 Å². The van der Waals surface area contributed by atoms with Gasteiger partial charge in [-0.2, -0.15) is 0 Å². The molecule has 1 amide bonds. The first-order valence-electron chi connectivity index (χ1n) is 10.6. The van der Waals surface area contributed by atoms with Gasteiger partial charge in [-0.3, -0.25) is 9.69 Å². The van der Waals surface area contributed by atoms with E-state index in [1.807, 2.05) is 59.5 Å². The molecule has 5 nitrogen and oxygen atoms in total. The molecule has 4 aromatic rings. The van der Waals surface area contributed by atoms with Gasteiger partial charge in [0.1, 0.15) is 0 Å². The van der Waals surface area contributed by atoms with Gasteiger partial charge < -0.3 is 4.42 Å². The molecule has 1 aliphatic rings. The molecular formula is C26H23N3O2S. The fourth-order valence-corrected chi connectivity index (χ4v) is 4.61. The van der Waals surface area contributed by atoms with Gasteiger partial charge in [-0.1, -0.05) is 54.2 Å². The normalized spacial score (nSPS) is 12.8. The van der Waals surface area contributed by atoms with Gasteiger partial charge >= 0.3 is 0 Å². The van der Waals surface area contributed by atoms with Crippen LogP contribution in [-0.4, -0.2) is 21.9 Å². The number of para-hydroxylation sites is 2. The van der Waals surface area contributed by atoms with Crippen molar-refractivity contribution in [2.75, 3.05) is 10.7 Å². The fraction of sp³-hybridized carbons (Fsp3) is 0.192. The summed E-state index contributed by atoms with van der Waals surface area (Å²) in [6.45, 7) is 4.12. The van der Waals surface area contributed by atoms with Crippen molar-refractivity contribution < 1.29 is 9.21 Å². The minimum Gasteiger partial charge on any atom is -0.411 e. The van der Waals surface area contributed by atoms with Crippen LogP contribution >= 0.6 is 11.8 Å². The highest BCUT2D eigenvalue weighted by Gasteiger charge is 2.26. The van der Waals surface area contributed by atoms with E-state index in [4.69, 9.17) is 4.42 Å². The van der Waals surface area contributed by atoms with Crippen molar-refractivity contribution >= 4 is 29.0 Å². The zero-order valence-electron chi connectivity index (χ0n) is 18.0. The van der Waals surface area contributed by atoms with Gasteiger partial charge in [0.25, 0.3) is 5.22 Å². The van der Waals surface area contributed by atoms with E-state index in [0.717, 1.165) is 29.8 Å². The Morgan fingerprint density at radius 1 is 0.906 bits per heavy atom. The molecule has 0 aliphatic carbocycles. The van der Waals surface area contributed by atoms with E-state index in [1.165, 1.54) is 34.0 Å². The van der Waals surface area contributed by atoms with Crippen LogP contribution in [0.5, 0.6) is 0 Å². The largest absolute Gasteiger partial charge is 0.411 e. The van der Waals surface area contributed by atoms with Gasteiger partial charge in [-0.05, 0) is 73.2 Å². The maximum atomic E-state index is 13.4. The number of anilines is 2. The molecule has 0 fully saturated rings.